The van der Waals surface area contributed by atoms with E-state index in [1.807, 2.05) is 35.7 Å². The number of amides is 2. The number of hydrogen-bond acceptors (Lipinski definition) is 7. The molecule has 0 radical (unpaired) electrons. The van der Waals surface area contributed by atoms with Gasteiger partial charge in [0.2, 0.25) is 11.8 Å². The number of benzene rings is 1. The molecular formula is C21H18N2O6S2. The van der Waals surface area contributed by atoms with Crippen molar-refractivity contribution in [3.05, 3.63) is 70.1 Å². The highest BCUT2D eigenvalue weighted by Gasteiger charge is 2.54. The summed E-state index contributed by atoms with van der Waals surface area (Å²) in [5.74, 6) is -3.24. The monoisotopic (exact) mass is 458 g/mol. The van der Waals surface area contributed by atoms with Crippen LogP contribution in [0.5, 0.6) is 0 Å². The van der Waals surface area contributed by atoms with Gasteiger partial charge < -0.3 is 15.2 Å². The number of carbonyl (C=O) groups excluding carboxylic acids is 3. The van der Waals surface area contributed by atoms with Gasteiger partial charge in [0, 0.05) is 4.88 Å². The number of fused-ring (bicyclic) bond motifs is 1. The minimum absolute atomic E-state index is 0.0653. The van der Waals surface area contributed by atoms with E-state index in [0.29, 0.717) is 0 Å². The normalized spacial score (nSPS) is 22.1. The fourth-order valence-corrected chi connectivity index (χ4v) is 5.78. The van der Waals surface area contributed by atoms with Crippen LogP contribution in [0, 0.1) is 0 Å². The van der Waals surface area contributed by atoms with Crippen molar-refractivity contribution in [3.63, 3.8) is 0 Å². The Labute approximate surface area is 185 Å². The summed E-state index contributed by atoms with van der Waals surface area (Å²) >= 11 is 2.69. The van der Waals surface area contributed by atoms with Crippen molar-refractivity contribution in [3.8, 4) is 0 Å². The Morgan fingerprint density at radius 2 is 1.90 bits per heavy atom. The molecule has 2 N–H and O–H groups in total. The number of hydrogen-bond donors (Lipinski definition) is 2. The topological polar surface area (TPSA) is 113 Å². The summed E-state index contributed by atoms with van der Waals surface area (Å²) in [6, 6.07) is 12.8. The molecule has 2 aliphatic heterocycles. The zero-order valence-corrected chi connectivity index (χ0v) is 17.7. The number of aliphatic carboxylic acids is 1. The summed E-state index contributed by atoms with van der Waals surface area (Å²) in [6.07, 6.45) is 0.834. The van der Waals surface area contributed by atoms with Crippen molar-refractivity contribution in [1.29, 1.82) is 0 Å². The van der Waals surface area contributed by atoms with Gasteiger partial charge in [-0.15, -0.1) is 23.1 Å². The van der Waals surface area contributed by atoms with Crippen LogP contribution in [0.1, 0.15) is 22.8 Å². The zero-order valence-electron chi connectivity index (χ0n) is 16.1. The van der Waals surface area contributed by atoms with Gasteiger partial charge in [-0.2, -0.15) is 0 Å². The molecule has 1 aromatic heterocycles. The Bertz CT molecular complexity index is 1040. The van der Waals surface area contributed by atoms with Gasteiger partial charge in [-0.25, -0.2) is 4.79 Å². The van der Waals surface area contributed by atoms with Crippen molar-refractivity contribution in [2.45, 2.75) is 29.7 Å². The van der Waals surface area contributed by atoms with E-state index in [-0.39, 0.29) is 18.2 Å². The third-order valence-electron chi connectivity index (χ3n) is 4.82. The van der Waals surface area contributed by atoms with Gasteiger partial charge in [0.25, 0.3) is 0 Å². The fourth-order valence-electron chi connectivity index (χ4n) is 3.38. The molecule has 2 unspecified atom stereocenters. The number of thiophene rings is 1. The number of carboxylic acids is 1. The molecule has 3 atom stereocenters. The summed E-state index contributed by atoms with van der Waals surface area (Å²) in [5, 5.41) is 12.9. The van der Waals surface area contributed by atoms with Crippen LogP contribution < -0.4 is 5.32 Å². The quantitative estimate of drug-likeness (QED) is 0.372. The molecule has 1 aromatic carbocycles. The zero-order chi connectivity index (χ0) is 22.0. The number of nitrogens with zero attached hydrogens (tertiary/aromatic N) is 1. The van der Waals surface area contributed by atoms with Crippen LogP contribution >= 0.6 is 23.1 Å². The van der Waals surface area contributed by atoms with E-state index in [4.69, 9.17) is 4.74 Å². The molecule has 0 saturated carbocycles. The standard InChI is InChI=1S/C21H18N2O6S2/c24-15(10-17(25)29-11-12-5-2-1-3-6-12)22-16-9-13(21(27)28)23-19(26)18(20(23)31-16)14-7-4-8-30-14/h1-9,16,18,20H,10-11H2,(H,22,24)(H,27,28)/t16?,18?,20-/m1/s1. The number of carboxylic acid groups (broad SMARTS) is 1. The summed E-state index contributed by atoms with van der Waals surface area (Å²) in [5.41, 5.74) is 0.640. The second kappa shape index (κ2) is 8.94. The Kier molecular flexibility index (Phi) is 6.10. The van der Waals surface area contributed by atoms with Gasteiger partial charge in [0.1, 0.15) is 30.0 Å². The van der Waals surface area contributed by atoms with Crippen LogP contribution in [-0.4, -0.2) is 44.5 Å². The van der Waals surface area contributed by atoms with Crippen LogP contribution in [-0.2, 0) is 30.5 Å². The van der Waals surface area contributed by atoms with Crippen LogP contribution in [0.15, 0.2) is 59.6 Å². The number of β-lactam (4-membered cyclic amide) rings is 1. The number of ether oxygens (including phenoxy) is 1. The summed E-state index contributed by atoms with van der Waals surface area (Å²) < 4.78 is 5.11. The summed E-state index contributed by atoms with van der Waals surface area (Å²) in [7, 11) is 0. The number of rotatable bonds is 7. The molecule has 160 valence electrons. The molecule has 2 aromatic rings. The minimum atomic E-state index is -1.25. The van der Waals surface area contributed by atoms with E-state index < -0.39 is 40.9 Å². The average molecular weight is 459 g/mol. The fraction of sp³-hybridized carbons (Fsp3) is 0.238. The van der Waals surface area contributed by atoms with E-state index in [1.54, 1.807) is 12.1 Å². The van der Waals surface area contributed by atoms with Crippen molar-refractivity contribution in [1.82, 2.24) is 10.2 Å². The van der Waals surface area contributed by atoms with Gasteiger partial charge in [-0.3, -0.25) is 19.3 Å². The maximum Gasteiger partial charge on any atom is 0.352 e. The molecule has 2 aliphatic rings. The van der Waals surface area contributed by atoms with E-state index in [2.05, 4.69) is 5.32 Å². The number of thioether (sulfide) groups is 1. The Morgan fingerprint density at radius 1 is 1.13 bits per heavy atom. The molecule has 10 heteroatoms. The molecule has 1 fully saturated rings. The van der Waals surface area contributed by atoms with Gasteiger partial charge >= 0.3 is 11.9 Å². The van der Waals surface area contributed by atoms with Crippen LogP contribution in [0.2, 0.25) is 0 Å². The minimum Gasteiger partial charge on any atom is -0.477 e. The van der Waals surface area contributed by atoms with Crippen LogP contribution in [0.4, 0.5) is 0 Å². The maximum absolute atomic E-state index is 12.5. The molecule has 4 rings (SSSR count). The largest absolute Gasteiger partial charge is 0.477 e. The molecule has 0 aliphatic carbocycles. The summed E-state index contributed by atoms with van der Waals surface area (Å²) in [4.78, 5) is 50.6. The Balaban J connectivity index is 1.38. The van der Waals surface area contributed by atoms with Crippen molar-refractivity contribution in [2.75, 3.05) is 0 Å². The van der Waals surface area contributed by atoms with E-state index >= 15 is 0 Å². The molecule has 0 spiro atoms. The molecule has 2 amide bonds. The van der Waals surface area contributed by atoms with Crippen LogP contribution in [0.3, 0.4) is 0 Å². The van der Waals surface area contributed by atoms with Gasteiger partial charge in [-0.1, -0.05) is 36.4 Å². The lowest BCUT2D eigenvalue weighted by Crippen LogP contribution is -2.61. The van der Waals surface area contributed by atoms with Crippen molar-refractivity contribution < 1.29 is 29.0 Å². The Hall–Kier alpha value is -3.11. The van der Waals surface area contributed by atoms with Crippen molar-refractivity contribution >= 4 is 46.9 Å². The molecule has 31 heavy (non-hydrogen) atoms. The number of carbonyl (C=O) groups is 4. The predicted molar refractivity (Wildman–Crippen MR) is 114 cm³/mol. The van der Waals surface area contributed by atoms with Crippen molar-refractivity contribution in [2.24, 2.45) is 0 Å². The third-order valence-corrected chi connectivity index (χ3v) is 7.08. The lowest BCUT2D eigenvalue weighted by molar-refractivity contribution is -0.148. The lowest BCUT2D eigenvalue weighted by atomic mass is 9.95. The number of esters is 1. The smallest absolute Gasteiger partial charge is 0.352 e. The Morgan fingerprint density at radius 3 is 2.58 bits per heavy atom. The van der Waals surface area contributed by atoms with Gasteiger partial charge in [0.15, 0.2) is 0 Å². The molecular weight excluding hydrogens is 440 g/mol. The van der Waals surface area contributed by atoms with E-state index in [9.17, 15) is 24.3 Å². The molecule has 8 nitrogen and oxygen atoms in total. The highest BCUT2D eigenvalue weighted by molar-refractivity contribution is 8.00. The predicted octanol–water partition coefficient (Wildman–Crippen LogP) is 2.29. The molecule has 3 heterocycles. The maximum atomic E-state index is 12.5. The van der Waals surface area contributed by atoms with E-state index in [0.717, 1.165) is 10.4 Å². The molecule has 1 saturated heterocycles. The lowest BCUT2D eigenvalue weighted by Gasteiger charge is -2.49. The molecule has 0 bridgehead atoms. The highest BCUT2D eigenvalue weighted by Crippen LogP contribution is 2.49. The second-order valence-electron chi connectivity index (χ2n) is 6.90. The van der Waals surface area contributed by atoms with E-state index in [1.165, 1.54) is 34.1 Å². The first kappa shape index (κ1) is 21.1. The first-order valence-corrected chi connectivity index (χ1v) is 11.2. The second-order valence-corrected chi connectivity index (χ2v) is 9.14. The average Bonchev–Trinajstić information content (AvgIpc) is 3.26. The first-order valence-electron chi connectivity index (χ1n) is 9.40. The van der Waals surface area contributed by atoms with Crippen LogP contribution in [0.25, 0.3) is 0 Å². The third kappa shape index (κ3) is 4.49. The SMILES string of the molecule is O=C(CC(=O)OCc1ccccc1)NC1C=C(C(=O)O)N2C(=O)C(c3cccs3)[C@H]2S1. The van der Waals surface area contributed by atoms with Gasteiger partial charge in [-0.05, 0) is 23.1 Å². The highest BCUT2D eigenvalue weighted by atomic mass is 32.2. The first-order chi connectivity index (χ1) is 14.9. The summed E-state index contributed by atoms with van der Waals surface area (Å²) in [6.45, 7) is 0.0653. The number of nitrogens with one attached hydrogen (secondary N) is 1. The van der Waals surface area contributed by atoms with Gasteiger partial charge in [0.05, 0.1) is 5.37 Å².